The van der Waals surface area contributed by atoms with E-state index in [2.05, 4.69) is 5.32 Å². The first-order valence-corrected chi connectivity index (χ1v) is 5.94. The topological polar surface area (TPSA) is 75.3 Å². The van der Waals surface area contributed by atoms with Crippen LogP contribution in [0.3, 0.4) is 0 Å². The maximum Gasteiger partial charge on any atom is 0.261 e. The van der Waals surface area contributed by atoms with Crippen LogP contribution in [0, 0.1) is 0 Å². The van der Waals surface area contributed by atoms with Crippen molar-refractivity contribution < 1.29 is 9.90 Å². The first-order chi connectivity index (χ1) is 8.16. The molecule has 1 aromatic heterocycles. The maximum atomic E-state index is 11.7. The van der Waals surface area contributed by atoms with E-state index in [0.29, 0.717) is 16.1 Å². The second kappa shape index (κ2) is 4.88. The largest absolute Gasteiger partial charge is 0.508 e. The van der Waals surface area contributed by atoms with Gasteiger partial charge in [-0.3, -0.25) is 4.79 Å². The smallest absolute Gasteiger partial charge is 0.261 e. The Kier molecular flexibility index (Phi) is 3.30. The minimum atomic E-state index is -0.151. The monoisotopic (exact) mass is 248 g/mol. The Hall–Kier alpha value is -2.01. The van der Waals surface area contributed by atoms with Gasteiger partial charge < -0.3 is 16.2 Å². The van der Waals surface area contributed by atoms with E-state index in [1.54, 1.807) is 18.2 Å². The fraction of sp³-hybridized carbons (Fsp3) is 0.0833. The van der Waals surface area contributed by atoms with E-state index < -0.39 is 0 Å². The molecule has 17 heavy (non-hydrogen) atoms. The fourth-order valence-corrected chi connectivity index (χ4v) is 2.06. The molecule has 0 aliphatic carbocycles. The molecule has 0 saturated heterocycles. The number of carbonyl (C=O) groups is 1. The van der Waals surface area contributed by atoms with Gasteiger partial charge in [-0.2, -0.15) is 0 Å². The third-order valence-corrected chi connectivity index (χ3v) is 3.16. The van der Waals surface area contributed by atoms with Gasteiger partial charge in [-0.25, -0.2) is 0 Å². The Morgan fingerprint density at radius 3 is 2.94 bits per heavy atom. The van der Waals surface area contributed by atoms with Crippen LogP contribution in [0.25, 0.3) is 0 Å². The van der Waals surface area contributed by atoms with E-state index in [1.807, 2.05) is 11.4 Å². The molecule has 1 heterocycles. The van der Waals surface area contributed by atoms with Crippen molar-refractivity contribution in [2.45, 2.75) is 6.54 Å². The van der Waals surface area contributed by atoms with E-state index in [9.17, 15) is 9.90 Å². The number of nitrogen functional groups attached to an aromatic ring is 1. The molecule has 0 spiro atoms. The molecule has 4 nitrogen and oxygen atoms in total. The Morgan fingerprint density at radius 1 is 1.41 bits per heavy atom. The van der Waals surface area contributed by atoms with Crippen LogP contribution >= 0.6 is 11.3 Å². The lowest BCUT2D eigenvalue weighted by Gasteiger charge is -2.07. The van der Waals surface area contributed by atoms with Crippen LogP contribution in [0.4, 0.5) is 5.69 Å². The quantitative estimate of drug-likeness (QED) is 0.574. The fourth-order valence-electron chi connectivity index (χ4n) is 1.42. The van der Waals surface area contributed by atoms with E-state index in [4.69, 9.17) is 5.73 Å². The van der Waals surface area contributed by atoms with E-state index in [0.717, 1.165) is 0 Å². The molecule has 0 bridgehead atoms. The number of benzene rings is 1. The molecule has 0 unspecified atom stereocenters. The summed E-state index contributed by atoms with van der Waals surface area (Å²) in [6.45, 7) is 0.258. The second-order valence-corrected chi connectivity index (χ2v) is 4.50. The van der Waals surface area contributed by atoms with Crippen LogP contribution in [-0.2, 0) is 6.54 Å². The van der Waals surface area contributed by atoms with E-state index in [-0.39, 0.29) is 18.2 Å². The van der Waals surface area contributed by atoms with E-state index >= 15 is 0 Å². The molecule has 0 atom stereocenters. The minimum absolute atomic E-state index is 0.130. The zero-order valence-electron chi connectivity index (χ0n) is 9.01. The highest BCUT2D eigenvalue weighted by molar-refractivity contribution is 7.12. The number of aromatic hydroxyl groups is 1. The van der Waals surface area contributed by atoms with Gasteiger partial charge in [0.05, 0.1) is 4.88 Å². The molecule has 0 fully saturated rings. The van der Waals surface area contributed by atoms with Gasteiger partial charge in [0, 0.05) is 17.8 Å². The van der Waals surface area contributed by atoms with Gasteiger partial charge in [0.15, 0.2) is 0 Å². The summed E-state index contributed by atoms with van der Waals surface area (Å²) >= 11 is 1.37. The summed E-state index contributed by atoms with van der Waals surface area (Å²) in [5.41, 5.74) is 6.77. The van der Waals surface area contributed by atoms with Gasteiger partial charge in [0.2, 0.25) is 0 Å². The summed E-state index contributed by atoms with van der Waals surface area (Å²) in [4.78, 5) is 12.3. The number of hydrogen-bond acceptors (Lipinski definition) is 4. The first-order valence-electron chi connectivity index (χ1n) is 5.06. The Bertz CT molecular complexity index is 523. The van der Waals surface area contributed by atoms with Gasteiger partial charge in [-0.1, -0.05) is 6.07 Å². The number of rotatable bonds is 3. The zero-order chi connectivity index (χ0) is 12.3. The molecule has 0 aliphatic heterocycles. The van der Waals surface area contributed by atoms with Crippen LogP contribution in [-0.4, -0.2) is 11.0 Å². The zero-order valence-corrected chi connectivity index (χ0v) is 9.83. The average Bonchev–Trinajstić information content (AvgIpc) is 2.83. The molecule has 4 N–H and O–H groups in total. The molecular formula is C12H12N2O2S. The summed E-state index contributed by atoms with van der Waals surface area (Å²) < 4.78 is 0. The first kappa shape index (κ1) is 11.5. The van der Waals surface area contributed by atoms with Crippen molar-refractivity contribution in [2.24, 2.45) is 0 Å². The number of thiophene rings is 1. The van der Waals surface area contributed by atoms with Gasteiger partial charge in [0.25, 0.3) is 5.91 Å². The van der Waals surface area contributed by atoms with Gasteiger partial charge in [-0.05, 0) is 29.6 Å². The number of amides is 1. The molecule has 0 aliphatic rings. The van der Waals surface area contributed by atoms with Crippen molar-refractivity contribution in [1.29, 1.82) is 0 Å². The average molecular weight is 248 g/mol. The summed E-state index contributed by atoms with van der Waals surface area (Å²) in [5.74, 6) is -0.0208. The van der Waals surface area contributed by atoms with Crippen molar-refractivity contribution >= 4 is 22.9 Å². The normalized spacial score (nSPS) is 10.1. The number of anilines is 1. The predicted octanol–water partition coefficient (Wildman–Crippen LogP) is 1.97. The number of hydrogen-bond donors (Lipinski definition) is 3. The SMILES string of the molecule is Nc1ccc(O)c(CNC(=O)c2cccs2)c1. The third-order valence-electron chi connectivity index (χ3n) is 2.29. The molecule has 2 rings (SSSR count). The number of phenols is 1. The molecule has 1 aromatic carbocycles. The number of phenolic OH excluding ortho intramolecular Hbond substituents is 1. The van der Waals surface area contributed by atoms with Gasteiger partial charge >= 0.3 is 0 Å². The van der Waals surface area contributed by atoms with Crippen molar-refractivity contribution in [2.75, 3.05) is 5.73 Å². The Labute approximate surface area is 103 Å². The molecular weight excluding hydrogens is 236 g/mol. The van der Waals surface area contributed by atoms with Gasteiger partial charge in [0.1, 0.15) is 5.75 Å². The second-order valence-electron chi connectivity index (χ2n) is 3.55. The summed E-state index contributed by atoms with van der Waals surface area (Å²) in [6, 6.07) is 8.34. The van der Waals surface area contributed by atoms with E-state index in [1.165, 1.54) is 17.4 Å². The van der Waals surface area contributed by atoms with Crippen molar-refractivity contribution in [3.05, 3.63) is 46.2 Å². The van der Waals surface area contributed by atoms with Crippen molar-refractivity contribution in [3.8, 4) is 5.75 Å². The molecule has 0 saturated carbocycles. The van der Waals surface area contributed by atoms with Crippen LogP contribution in [0.5, 0.6) is 5.75 Å². The molecule has 1 amide bonds. The summed E-state index contributed by atoms with van der Waals surface area (Å²) in [7, 11) is 0. The van der Waals surface area contributed by atoms with Crippen molar-refractivity contribution in [3.63, 3.8) is 0 Å². The minimum Gasteiger partial charge on any atom is -0.508 e. The maximum absolute atomic E-state index is 11.7. The number of carbonyl (C=O) groups excluding carboxylic acids is 1. The molecule has 2 aromatic rings. The summed E-state index contributed by atoms with van der Waals surface area (Å²) in [6.07, 6.45) is 0. The highest BCUT2D eigenvalue weighted by Gasteiger charge is 2.07. The van der Waals surface area contributed by atoms with Crippen LogP contribution in [0.15, 0.2) is 35.7 Å². The van der Waals surface area contributed by atoms with Crippen LogP contribution in [0.2, 0.25) is 0 Å². The Morgan fingerprint density at radius 2 is 2.24 bits per heavy atom. The third kappa shape index (κ3) is 2.76. The molecule has 5 heteroatoms. The van der Waals surface area contributed by atoms with Crippen molar-refractivity contribution in [1.82, 2.24) is 5.32 Å². The molecule has 88 valence electrons. The lowest BCUT2D eigenvalue weighted by molar-refractivity contribution is 0.0955. The van der Waals surface area contributed by atoms with Crippen LogP contribution in [0.1, 0.15) is 15.2 Å². The predicted molar refractivity (Wildman–Crippen MR) is 68.0 cm³/mol. The highest BCUT2D eigenvalue weighted by Crippen LogP contribution is 2.19. The lowest BCUT2D eigenvalue weighted by atomic mass is 10.2. The van der Waals surface area contributed by atoms with Gasteiger partial charge in [-0.15, -0.1) is 11.3 Å². The van der Waals surface area contributed by atoms with Crippen LogP contribution < -0.4 is 11.1 Å². The number of nitrogens with one attached hydrogen (secondary N) is 1. The highest BCUT2D eigenvalue weighted by atomic mass is 32.1. The standard InChI is InChI=1S/C12H12N2O2S/c13-9-3-4-10(15)8(6-9)7-14-12(16)11-2-1-5-17-11/h1-6,15H,7,13H2,(H,14,16). The lowest BCUT2D eigenvalue weighted by Crippen LogP contribution is -2.21. The summed E-state index contributed by atoms with van der Waals surface area (Å²) in [5, 5.41) is 14.1. The molecule has 0 radical (unpaired) electrons. The number of nitrogens with two attached hydrogens (primary N) is 1. The Balaban J connectivity index is 2.03.